The van der Waals surface area contributed by atoms with Crippen molar-refractivity contribution in [2.45, 2.75) is 95.8 Å². The van der Waals surface area contributed by atoms with Crippen molar-refractivity contribution in [3.8, 4) is 5.75 Å². The van der Waals surface area contributed by atoms with Crippen LogP contribution in [0.15, 0.2) is 182 Å². The number of ether oxygens (including phenoxy) is 6. The summed E-state index contributed by atoms with van der Waals surface area (Å²) in [7, 11) is 0. The highest BCUT2D eigenvalue weighted by atomic mass is 16.7. The van der Waals surface area contributed by atoms with E-state index >= 15 is 0 Å². The van der Waals surface area contributed by atoms with Crippen molar-refractivity contribution in [3.05, 3.63) is 243 Å². The highest BCUT2D eigenvalue weighted by molar-refractivity contribution is 5.49. The lowest BCUT2D eigenvalue weighted by Crippen LogP contribution is -2.65. The van der Waals surface area contributed by atoms with E-state index < -0.39 is 30.2 Å². The first-order valence-electron chi connectivity index (χ1n) is 22.9. The summed E-state index contributed by atoms with van der Waals surface area (Å²) in [6, 6.07) is 61.2. The fourth-order valence-corrected chi connectivity index (χ4v) is 8.94. The number of fused-ring (bicyclic) bond motifs is 1. The van der Waals surface area contributed by atoms with Gasteiger partial charge in [-0.15, -0.1) is 0 Å². The van der Waals surface area contributed by atoms with Crippen molar-refractivity contribution >= 4 is 0 Å². The van der Waals surface area contributed by atoms with E-state index in [-0.39, 0.29) is 33.0 Å². The molecule has 7 heteroatoms. The summed E-state index contributed by atoms with van der Waals surface area (Å²) in [4.78, 5) is 0. The van der Waals surface area contributed by atoms with Crippen LogP contribution in [-0.2, 0) is 88.2 Å². The number of rotatable bonds is 20. The van der Waals surface area contributed by atoms with Crippen molar-refractivity contribution in [2.24, 2.45) is 0 Å². The van der Waals surface area contributed by atoms with E-state index in [1.54, 1.807) is 0 Å². The van der Waals surface area contributed by atoms with Crippen molar-refractivity contribution < 1.29 is 33.5 Å². The molecule has 0 amide bonds. The van der Waals surface area contributed by atoms with Crippen LogP contribution >= 0.6 is 0 Å². The van der Waals surface area contributed by atoms with Crippen LogP contribution < -0.4 is 4.74 Å². The summed E-state index contributed by atoms with van der Waals surface area (Å²) in [6.07, 6.45) is 0.167. The molecule has 5 atom stereocenters. The van der Waals surface area contributed by atoms with Gasteiger partial charge in [-0.05, 0) is 93.5 Å². The van der Waals surface area contributed by atoms with Gasteiger partial charge in [0.15, 0.2) is 0 Å². The van der Waals surface area contributed by atoms with E-state index in [1.807, 2.05) is 152 Å². The summed E-state index contributed by atoms with van der Waals surface area (Å²) in [5.74, 6) is -1.60. The van der Waals surface area contributed by atoms with Crippen molar-refractivity contribution in [2.75, 3.05) is 6.61 Å². The maximum Gasteiger partial charge on any atom is 0.226 e. The van der Waals surface area contributed by atoms with E-state index in [0.717, 1.165) is 58.2 Å². The summed E-state index contributed by atoms with van der Waals surface area (Å²) in [5.41, 5.74) is 11.7. The lowest BCUT2D eigenvalue weighted by atomic mass is 9.83. The molecule has 65 heavy (non-hydrogen) atoms. The first kappa shape index (κ1) is 44.3. The summed E-state index contributed by atoms with van der Waals surface area (Å²) < 4.78 is 41.6. The third-order valence-electron chi connectivity index (χ3n) is 12.6. The average Bonchev–Trinajstić information content (AvgIpc) is 3.34. The molecule has 1 unspecified atom stereocenters. The van der Waals surface area contributed by atoms with Gasteiger partial charge in [0.05, 0.1) is 38.6 Å². The molecule has 2 aliphatic rings. The Balaban J connectivity index is 1.17. The molecule has 0 aromatic heterocycles. The smallest absolute Gasteiger partial charge is 0.226 e. The van der Waals surface area contributed by atoms with Crippen LogP contribution in [0, 0.1) is 0 Å². The quantitative estimate of drug-likeness (QED) is 0.0818. The summed E-state index contributed by atoms with van der Waals surface area (Å²) >= 11 is 0. The minimum atomic E-state index is -2.11. The molecule has 7 aromatic carbocycles. The van der Waals surface area contributed by atoms with Crippen molar-refractivity contribution in [1.29, 1.82) is 0 Å². The fourth-order valence-electron chi connectivity index (χ4n) is 8.94. The van der Waals surface area contributed by atoms with Crippen LogP contribution in [-0.4, -0.2) is 36.1 Å². The van der Waals surface area contributed by atoms with Crippen LogP contribution in [0.25, 0.3) is 0 Å². The fraction of sp³-hybridized carbons (Fsp3) is 0.276. The second-order valence-corrected chi connectivity index (χ2v) is 17.1. The number of hydrogen-bond donors (Lipinski definition) is 1. The molecular weight excluding hydrogens is 809 g/mol. The minimum absolute atomic E-state index is 0.0997. The largest absolute Gasteiger partial charge is 0.488 e. The lowest BCUT2D eigenvalue weighted by molar-refractivity contribution is -0.379. The Labute approximate surface area is 383 Å². The Kier molecular flexibility index (Phi) is 14.6. The molecule has 0 radical (unpaired) electrons. The van der Waals surface area contributed by atoms with Gasteiger partial charge in [0.25, 0.3) is 0 Å². The molecule has 9 rings (SSSR count). The van der Waals surface area contributed by atoms with Crippen molar-refractivity contribution in [1.82, 2.24) is 0 Å². The van der Waals surface area contributed by atoms with Gasteiger partial charge in [0.1, 0.15) is 36.8 Å². The number of aryl methyl sites for hydroxylation is 3. The molecule has 1 heterocycles. The van der Waals surface area contributed by atoms with Gasteiger partial charge in [-0.3, -0.25) is 0 Å². The summed E-state index contributed by atoms with van der Waals surface area (Å²) in [6.45, 7) is 3.59. The molecule has 1 saturated heterocycles. The van der Waals surface area contributed by atoms with E-state index in [4.69, 9.17) is 28.4 Å². The van der Waals surface area contributed by atoms with Crippen LogP contribution in [0.2, 0.25) is 0 Å². The zero-order valence-electron chi connectivity index (χ0n) is 37.1. The third-order valence-corrected chi connectivity index (χ3v) is 12.6. The SMILES string of the molecule is CCc1cc(OCc2ccccc2)c(C2(O)O[C@H](COCc3ccccc3)[C@@H](OCc3ccccc3)[C@H](OCc3ccccc3)[C@H]2OCc2ccccc2)cc1Cc1ccc2c(c1)CC2. The molecule has 1 aliphatic carbocycles. The Hall–Kier alpha value is -5.90. The highest BCUT2D eigenvalue weighted by Crippen LogP contribution is 2.46. The molecule has 1 fully saturated rings. The monoisotopic (exact) mass is 866 g/mol. The number of benzene rings is 7. The van der Waals surface area contributed by atoms with Crippen LogP contribution in [0.3, 0.4) is 0 Å². The van der Waals surface area contributed by atoms with E-state index in [1.165, 1.54) is 16.7 Å². The first-order chi connectivity index (χ1) is 32.0. The Morgan fingerprint density at radius 2 is 1.02 bits per heavy atom. The maximum atomic E-state index is 13.9. The van der Waals surface area contributed by atoms with Gasteiger partial charge in [0, 0.05) is 0 Å². The second kappa shape index (κ2) is 21.4. The van der Waals surface area contributed by atoms with Gasteiger partial charge in [-0.2, -0.15) is 0 Å². The normalized spacial score (nSPS) is 20.2. The molecule has 0 spiro atoms. The van der Waals surface area contributed by atoms with Crippen molar-refractivity contribution in [3.63, 3.8) is 0 Å². The van der Waals surface area contributed by atoms with E-state index in [0.29, 0.717) is 24.3 Å². The molecule has 0 bridgehead atoms. The molecular formula is C58H58O7. The Bertz CT molecular complexity index is 2550. The molecule has 7 nitrogen and oxygen atoms in total. The second-order valence-electron chi connectivity index (χ2n) is 17.1. The van der Waals surface area contributed by atoms with E-state index in [9.17, 15) is 5.11 Å². The zero-order valence-corrected chi connectivity index (χ0v) is 37.1. The predicted molar refractivity (Wildman–Crippen MR) is 253 cm³/mol. The molecule has 7 aromatic rings. The molecule has 332 valence electrons. The first-order valence-corrected chi connectivity index (χ1v) is 22.9. The van der Waals surface area contributed by atoms with Gasteiger partial charge >= 0.3 is 0 Å². The molecule has 1 N–H and O–H groups in total. The lowest BCUT2D eigenvalue weighted by Gasteiger charge is -2.50. The molecule has 0 saturated carbocycles. The predicted octanol–water partition coefficient (Wildman–Crippen LogP) is 11.0. The van der Waals surface area contributed by atoms with Crippen LogP contribution in [0.1, 0.15) is 68.1 Å². The minimum Gasteiger partial charge on any atom is -0.488 e. The molecule has 1 aliphatic heterocycles. The number of aliphatic hydroxyl groups is 1. The van der Waals surface area contributed by atoms with Gasteiger partial charge in [0.2, 0.25) is 5.79 Å². The van der Waals surface area contributed by atoms with Gasteiger partial charge in [-0.25, -0.2) is 0 Å². The number of hydrogen-bond acceptors (Lipinski definition) is 7. The highest BCUT2D eigenvalue weighted by Gasteiger charge is 2.58. The van der Waals surface area contributed by atoms with Crippen LogP contribution in [0.5, 0.6) is 5.75 Å². The Morgan fingerprint density at radius 3 is 1.54 bits per heavy atom. The zero-order chi connectivity index (χ0) is 44.3. The standard InChI is InChI=1S/C58H58O7/c1-2-48-35-53(61-37-43-20-10-4-11-21-43)52(34-51(48)33-47-28-29-49-30-31-50(49)32-47)58(59)57(64-40-46-26-16-7-17-27-46)56(63-39-45-24-14-6-15-25-45)55(62-38-44-22-12-5-13-23-44)54(65-58)41-60-36-42-18-8-3-9-19-42/h3-29,32,34-35,54-57,59H,2,30-31,33,36-41H2,1H3/t54-,55-,56+,57-,58?/m1/s1. The Morgan fingerprint density at radius 1 is 0.508 bits per heavy atom. The van der Waals surface area contributed by atoms with E-state index in [2.05, 4.69) is 37.3 Å². The van der Waals surface area contributed by atoms with Crippen LogP contribution in [0.4, 0.5) is 0 Å². The van der Waals surface area contributed by atoms with Gasteiger partial charge < -0.3 is 33.5 Å². The summed E-state index contributed by atoms with van der Waals surface area (Å²) in [5, 5.41) is 13.9. The van der Waals surface area contributed by atoms with Gasteiger partial charge in [-0.1, -0.05) is 177 Å². The average molecular weight is 867 g/mol. The topological polar surface area (TPSA) is 75.6 Å². The maximum absolute atomic E-state index is 13.9. The third kappa shape index (κ3) is 11.0.